The summed E-state index contributed by atoms with van der Waals surface area (Å²) in [5.74, 6) is 0. The smallest absolute Gasteiger partial charge is 0.325 e. The van der Waals surface area contributed by atoms with Crippen molar-refractivity contribution in [3.63, 3.8) is 0 Å². The van der Waals surface area contributed by atoms with Crippen LogP contribution in [0.3, 0.4) is 0 Å². The largest absolute Gasteiger partial charge is 0.372 e. The second-order valence-electron chi connectivity index (χ2n) is 6.93. The van der Waals surface area contributed by atoms with Crippen molar-refractivity contribution < 1.29 is 4.74 Å². The first-order valence-corrected chi connectivity index (χ1v) is 9.31. The highest BCUT2D eigenvalue weighted by Gasteiger charge is 2.25. The molecule has 2 aromatic heterocycles. The van der Waals surface area contributed by atoms with Crippen LogP contribution in [-0.4, -0.2) is 39.4 Å². The molecule has 0 spiro atoms. The van der Waals surface area contributed by atoms with E-state index in [4.69, 9.17) is 10.00 Å². The highest BCUT2D eigenvalue weighted by atomic mass is 16.5. The van der Waals surface area contributed by atoms with Gasteiger partial charge in [0, 0.05) is 19.3 Å². The van der Waals surface area contributed by atoms with Crippen molar-refractivity contribution in [1.29, 1.82) is 5.26 Å². The van der Waals surface area contributed by atoms with Gasteiger partial charge in [0.15, 0.2) is 0 Å². The summed E-state index contributed by atoms with van der Waals surface area (Å²) in [5, 5.41) is 15.2. The van der Waals surface area contributed by atoms with E-state index in [1.54, 1.807) is 12.1 Å². The molecule has 0 saturated carbocycles. The third-order valence-corrected chi connectivity index (χ3v) is 4.93. The average molecular weight is 406 g/mol. The van der Waals surface area contributed by atoms with Gasteiger partial charge < -0.3 is 14.6 Å². The molecule has 1 unspecified atom stereocenters. The van der Waals surface area contributed by atoms with E-state index < -0.39 is 11.2 Å². The van der Waals surface area contributed by atoms with E-state index in [9.17, 15) is 14.4 Å². The summed E-state index contributed by atoms with van der Waals surface area (Å²) >= 11 is 0. The molecule has 1 atom stereocenters. The molecule has 152 valence electrons. The summed E-state index contributed by atoms with van der Waals surface area (Å²) in [7, 11) is 0. The van der Waals surface area contributed by atoms with E-state index in [1.165, 1.54) is 12.3 Å². The Bertz CT molecular complexity index is 1270. The van der Waals surface area contributed by atoms with Crippen molar-refractivity contribution in [3.05, 3.63) is 78.8 Å². The van der Waals surface area contributed by atoms with Gasteiger partial charge in [-0.3, -0.25) is 14.6 Å². The van der Waals surface area contributed by atoms with E-state index >= 15 is 0 Å². The molecule has 0 radical (unpaired) electrons. The van der Waals surface area contributed by atoms with Gasteiger partial charge in [-0.2, -0.15) is 10.4 Å². The van der Waals surface area contributed by atoms with Crippen LogP contribution in [0.25, 0.3) is 11.3 Å². The third kappa shape index (κ3) is 4.06. The Balaban J connectivity index is 1.47. The number of hydrogen-bond donors (Lipinski definition) is 3. The lowest BCUT2D eigenvalue weighted by Crippen LogP contribution is -2.29. The number of H-pyrrole nitrogens is 3. The molecule has 1 aromatic carbocycles. The van der Waals surface area contributed by atoms with E-state index in [-0.39, 0.29) is 22.9 Å². The molecule has 3 heterocycles. The number of rotatable bonds is 5. The van der Waals surface area contributed by atoms with Crippen molar-refractivity contribution in [2.24, 2.45) is 0 Å². The zero-order valence-corrected chi connectivity index (χ0v) is 15.8. The number of aromatic amines is 3. The number of anilines is 1. The predicted octanol–water partition coefficient (Wildman–Crippen LogP) is 0.481. The number of benzene rings is 1. The predicted molar refractivity (Wildman–Crippen MR) is 108 cm³/mol. The summed E-state index contributed by atoms with van der Waals surface area (Å²) in [6, 6.07) is 10.8. The van der Waals surface area contributed by atoms with E-state index in [0.717, 1.165) is 12.0 Å². The molecule has 1 aliphatic heterocycles. The Morgan fingerprint density at radius 3 is 2.73 bits per heavy atom. The number of hydrogen-bond acceptors (Lipinski definition) is 7. The monoisotopic (exact) mass is 406 g/mol. The van der Waals surface area contributed by atoms with E-state index in [1.807, 2.05) is 17.0 Å². The molecule has 1 fully saturated rings. The Kier molecular flexibility index (Phi) is 5.28. The number of aromatic nitrogens is 4. The van der Waals surface area contributed by atoms with Crippen molar-refractivity contribution >= 4 is 5.69 Å². The zero-order chi connectivity index (χ0) is 21.1. The molecule has 1 saturated heterocycles. The molecule has 3 aromatic rings. The molecule has 4 rings (SSSR count). The van der Waals surface area contributed by atoms with Gasteiger partial charge in [0.25, 0.3) is 11.1 Å². The quantitative estimate of drug-likeness (QED) is 0.558. The second-order valence-corrected chi connectivity index (χ2v) is 6.93. The molecule has 0 aliphatic carbocycles. The Morgan fingerprint density at radius 2 is 2.00 bits per heavy atom. The fourth-order valence-corrected chi connectivity index (χ4v) is 3.34. The van der Waals surface area contributed by atoms with Gasteiger partial charge in [0.1, 0.15) is 5.69 Å². The molecular formula is C20H18N6O4. The van der Waals surface area contributed by atoms with Crippen molar-refractivity contribution in [3.8, 4) is 17.3 Å². The van der Waals surface area contributed by atoms with Crippen LogP contribution in [0.15, 0.2) is 50.9 Å². The summed E-state index contributed by atoms with van der Waals surface area (Å²) in [6.45, 7) is 1.55. The molecular weight excluding hydrogens is 388 g/mol. The first-order chi connectivity index (χ1) is 14.5. The van der Waals surface area contributed by atoms with Crippen LogP contribution in [0.2, 0.25) is 0 Å². The van der Waals surface area contributed by atoms with Crippen LogP contribution in [0.5, 0.6) is 0 Å². The minimum absolute atomic E-state index is 0.0619. The van der Waals surface area contributed by atoms with Crippen LogP contribution in [0, 0.1) is 11.3 Å². The van der Waals surface area contributed by atoms with Crippen molar-refractivity contribution in [1.82, 2.24) is 20.2 Å². The molecule has 10 heteroatoms. The normalized spacial score (nSPS) is 15.8. The van der Waals surface area contributed by atoms with Crippen LogP contribution >= 0.6 is 0 Å². The fourth-order valence-electron chi connectivity index (χ4n) is 3.34. The van der Waals surface area contributed by atoms with E-state index in [2.05, 4.69) is 26.2 Å². The summed E-state index contributed by atoms with van der Waals surface area (Å²) in [5.41, 5.74) is 0.782. The number of nitrogens with one attached hydrogen (secondary N) is 3. The minimum atomic E-state index is -0.616. The van der Waals surface area contributed by atoms with Gasteiger partial charge >= 0.3 is 5.69 Å². The Labute approximate surface area is 169 Å². The lowest BCUT2D eigenvalue weighted by atomic mass is 10.1. The lowest BCUT2D eigenvalue weighted by molar-refractivity contribution is 0.0553. The SMILES string of the molecule is N#Cc1ccc(COC2CCN(c3cc(-c4c[nH]c(=O)[nH]c4=O)n[nH]c3=O)C2)cc1. The lowest BCUT2D eigenvalue weighted by Gasteiger charge is -2.18. The highest BCUT2D eigenvalue weighted by molar-refractivity contribution is 5.62. The minimum Gasteiger partial charge on any atom is -0.372 e. The van der Waals surface area contributed by atoms with Crippen LogP contribution < -0.4 is 21.7 Å². The topological polar surface area (TPSA) is 148 Å². The van der Waals surface area contributed by atoms with Gasteiger partial charge in [0.05, 0.1) is 35.6 Å². The van der Waals surface area contributed by atoms with Gasteiger partial charge in [-0.15, -0.1) is 0 Å². The summed E-state index contributed by atoms with van der Waals surface area (Å²) < 4.78 is 5.95. The highest BCUT2D eigenvalue weighted by Crippen LogP contribution is 2.22. The van der Waals surface area contributed by atoms with Gasteiger partial charge in [0.2, 0.25) is 0 Å². The van der Waals surface area contributed by atoms with Gasteiger partial charge in [-0.25, -0.2) is 9.89 Å². The van der Waals surface area contributed by atoms with Crippen molar-refractivity contribution in [2.75, 3.05) is 18.0 Å². The Hall–Kier alpha value is -3.97. The van der Waals surface area contributed by atoms with Crippen molar-refractivity contribution in [2.45, 2.75) is 19.1 Å². The molecule has 30 heavy (non-hydrogen) atoms. The zero-order valence-electron chi connectivity index (χ0n) is 15.8. The molecule has 1 aliphatic rings. The Morgan fingerprint density at radius 1 is 1.20 bits per heavy atom. The maximum Gasteiger partial charge on any atom is 0.325 e. The first-order valence-electron chi connectivity index (χ1n) is 9.31. The van der Waals surface area contributed by atoms with Crippen LogP contribution in [0.1, 0.15) is 17.5 Å². The first kappa shape index (κ1) is 19.4. The molecule has 10 nitrogen and oxygen atoms in total. The summed E-state index contributed by atoms with van der Waals surface area (Å²) in [6.07, 6.45) is 1.94. The second kappa shape index (κ2) is 8.18. The fraction of sp³-hybridized carbons (Fsp3) is 0.250. The van der Waals surface area contributed by atoms with Crippen LogP contribution in [0.4, 0.5) is 5.69 Å². The molecule has 3 N–H and O–H groups in total. The number of nitrogens with zero attached hydrogens (tertiary/aromatic N) is 3. The third-order valence-electron chi connectivity index (χ3n) is 4.93. The number of nitriles is 1. The maximum absolute atomic E-state index is 12.3. The average Bonchev–Trinajstić information content (AvgIpc) is 3.22. The number of ether oxygens (including phenoxy) is 1. The van der Waals surface area contributed by atoms with Gasteiger partial charge in [-0.1, -0.05) is 12.1 Å². The maximum atomic E-state index is 12.3. The van der Waals surface area contributed by atoms with Gasteiger partial charge in [-0.05, 0) is 30.2 Å². The standard InChI is InChI=1S/C20H18N6O4/c21-8-12-1-3-13(4-2-12)11-30-14-5-6-26(10-14)17-7-16(24-25-19(17)28)15-9-22-20(29)23-18(15)27/h1-4,7,9,14H,5-6,10-11H2,(H,25,28)(H2,22,23,27,29). The molecule has 0 bridgehead atoms. The van der Waals surface area contributed by atoms with E-state index in [0.29, 0.717) is 30.9 Å². The van der Waals surface area contributed by atoms with Crippen LogP contribution in [-0.2, 0) is 11.3 Å². The summed E-state index contributed by atoms with van der Waals surface area (Å²) in [4.78, 5) is 41.9. The molecule has 0 amide bonds.